The molecule has 1 heterocycles. The number of morpholine rings is 1. The lowest BCUT2D eigenvalue weighted by molar-refractivity contribution is -0.150. The Bertz CT molecular complexity index is 457. The van der Waals surface area contributed by atoms with Crippen molar-refractivity contribution in [2.75, 3.05) is 13.2 Å². The summed E-state index contributed by atoms with van der Waals surface area (Å²) < 4.78 is 6.08. The third-order valence-corrected chi connectivity index (χ3v) is 3.79. The van der Waals surface area contributed by atoms with E-state index < -0.39 is 0 Å². The van der Waals surface area contributed by atoms with Gasteiger partial charge in [0.05, 0.1) is 0 Å². The van der Waals surface area contributed by atoms with Crippen LogP contribution in [0.3, 0.4) is 0 Å². The molecule has 0 atom stereocenters. The number of benzene rings is 1. The first-order valence-electron chi connectivity index (χ1n) is 5.80. The van der Waals surface area contributed by atoms with Gasteiger partial charge in [-0.3, -0.25) is 9.59 Å². The third kappa shape index (κ3) is 2.73. The number of hydrogen-bond acceptors (Lipinski definition) is 4. The molecular formula is C13H15NO3S. The van der Waals surface area contributed by atoms with Crippen LogP contribution in [-0.2, 0) is 14.3 Å². The van der Waals surface area contributed by atoms with Crippen LogP contribution < -0.4 is 0 Å². The average molecular weight is 265 g/mol. The molecule has 1 saturated heterocycles. The summed E-state index contributed by atoms with van der Waals surface area (Å²) in [6, 6.07) is 7.81. The van der Waals surface area contributed by atoms with E-state index in [4.69, 9.17) is 4.74 Å². The van der Waals surface area contributed by atoms with Gasteiger partial charge >= 0.3 is 0 Å². The summed E-state index contributed by atoms with van der Waals surface area (Å²) in [6.45, 7) is 4.12. The zero-order chi connectivity index (χ0) is 13.1. The number of amides is 2. The van der Waals surface area contributed by atoms with E-state index in [0.29, 0.717) is 5.92 Å². The molecule has 5 heteroatoms. The lowest BCUT2D eigenvalue weighted by Crippen LogP contribution is -2.41. The van der Waals surface area contributed by atoms with Gasteiger partial charge < -0.3 is 4.74 Å². The number of carbonyl (C=O) groups is 2. The highest BCUT2D eigenvalue weighted by Crippen LogP contribution is 2.31. The van der Waals surface area contributed by atoms with E-state index in [-0.39, 0.29) is 25.0 Å². The van der Waals surface area contributed by atoms with Crippen LogP contribution >= 0.6 is 11.9 Å². The molecule has 1 aromatic rings. The van der Waals surface area contributed by atoms with Gasteiger partial charge in [0.25, 0.3) is 11.8 Å². The van der Waals surface area contributed by atoms with Crippen LogP contribution in [0.1, 0.15) is 25.3 Å². The van der Waals surface area contributed by atoms with E-state index >= 15 is 0 Å². The van der Waals surface area contributed by atoms with E-state index in [9.17, 15) is 9.59 Å². The Labute approximate surface area is 110 Å². The smallest absolute Gasteiger partial charge is 0.265 e. The van der Waals surface area contributed by atoms with Gasteiger partial charge in [0.2, 0.25) is 0 Å². The topological polar surface area (TPSA) is 46.6 Å². The molecule has 0 N–H and O–H groups in total. The van der Waals surface area contributed by atoms with Gasteiger partial charge in [0.1, 0.15) is 13.2 Å². The molecular weight excluding hydrogens is 250 g/mol. The van der Waals surface area contributed by atoms with Gasteiger partial charge in [-0.15, -0.1) is 0 Å². The molecule has 0 saturated carbocycles. The zero-order valence-electron chi connectivity index (χ0n) is 10.4. The highest BCUT2D eigenvalue weighted by atomic mass is 32.2. The Balaban J connectivity index is 2.23. The SMILES string of the molecule is CC(C)c1ccccc1SN1C(=O)COCC1=O. The highest BCUT2D eigenvalue weighted by Gasteiger charge is 2.28. The molecule has 1 fully saturated rings. The molecule has 96 valence electrons. The minimum absolute atomic E-state index is 0.0252. The van der Waals surface area contributed by atoms with Gasteiger partial charge in [-0.05, 0) is 29.5 Å². The van der Waals surface area contributed by atoms with Crippen molar-refractivity contribution in [3.63, 3.8) is 0 Å². The summed E-state index contributed by atoms with van der Waals surface area (Å²) in [5, 5.41) is 0. The fraction of sp³-hybridized carbons (Fsp3) is 0.385. The van der Waals surface area contributed by atoms with Gasteiger partial charge in [-0.2, -0.15) is 0 Å². The molecule has 1 aliphatic rings. The number of imide groups is 1. The Morgan fingerprint density at radius 3 is 2.39 bits per heavy atom. The van der Waals surface area contributed by atoms with Crippen molar-refractivity contribution >= 4 is 23.8 Å². The van der Waals surface area contributed by atoms with Crippen molar-refractivity contribution in [1.29, 1.82) is 0 Å². The highest BCUT2D eigenvalue weighted by molar-refractivity contribution is 7.98. The molecule has 0 aliphatic carbocycles. The van der Waals surface area contributed by atoms with Crippen LogP contribution in [0.5, 0.6) is 0 Å². The van der Waals surface area contributed by atoms with E-state index in [1.54, 1.807) is 0 Å². The lowest BCUT2D eigenvalue weighted by Gasteiger charge is -2.24. The molecule has 4 nitrogen and oxygen atoms in total. The quantitative estimate of drug-likeness (QED) is 0.621. The number of carbonyl (C=O) groups excluding carboxylic acids is 2. The van der Waals surface area contributed by atoms with Crippen molar-refractivity contribution in [2.24, 2.45) is 0 Å². The van der Waals surface area contributed by atoms with Gasteiger partial charge in [-0.25, -0.2) is 4.31 Å². The van der Waals surface area contributed by atoms with Crippen molar-refractivity contribution in [2.45, 2.75) is 24.7 Å². The van der Waals surface area contributed by atoms with E-state index in [1.807, 2.05) is 24.3 Å². The summed E-state index contributed by atoms with van der Waals surface area (Å²) in [4.78, 5) is 24.2. The summed E-state index contributed by atoms with van der Waals surface area (Å²) in [5.41, 5.74) is 1.13. The first kappa shape index (κ1) is 13.1. The van der Waals surface area contributed by atoms with Gasteiger partial charge in [0, 0.05) is 4.90 Å². The summed E-state index contributed by atoms with van der Waals surface area (Å²) in [7, 11) is 0. The fourth-order valence-electron chi connectivity index (χ4n) is 1.72. The summed E-state index contributed by atoms with van der Waals surface area (Å²) in [6.07, 6.45) is 0. The van der Waals surface area contributed by atoms with E-state index in [1.165, 1.54) is 16.3 Å². The average Bonchev–Trinajstić information content (AvgIpc) is 2.34. The number of ether oxygens (including phenoxy) is 1. The normalized spacial score (nSPS) is 16.5. The van der Waals surface area contributed by atoms with Crippen LogP contribution in [0.4, 0.5) is 0 Å². The Morgan fingerprint density at radius 2 is 1.78 bits per heavy atom. The monoisotopic (exact) mass is 265 g/mol. The molecule has 0 bridgehead atoms. The second-order valence-electron chi connectivity index (χ2n) is 4.36. The second-order valence-corrected chi connectivity index (χ2v) is 5.35. The van der Waals surface area contributed by atoms with Crippen molar-refractivity contribution in [1.82, 2.24) is 4.31 Å². The van der Waals surface area contributed by atoms with Crippen LogP contribution in [0, 0.1) is 0 Å². The van der Waals surface area contributed by atoms with Gasteiger partial charge in [-0.1, -0.05) is 32.0 Å². The van der Waals surface area contributed by atoms with E-state index in [2.05, 4.69) is 13.8 Å². The van der Waals surface area contributed by atoms with Crippen molar-refractivity contribution < 1.29 is 14.3 Å². The second kappa shape index (κ2) is 5.54. The Morgan fingerprint density at radius 1 is 1.17 bits per heavy atom. The number of nitrogens with zero attached hydrogens (tertiary/aromatic N) is 1. The third-order valence-electron chi connectivity index (χ3n) is 2.63. The Hall–Kier alpha value is -1.33. The van der Waals surface area contributed by atoms with Crippen molar-refractivity contribution in [3.05, 3.63) is 29.8 Å². The molecule has 2 amide bonds. The molecule has 18 heavy (non-hydrogen) atoms. The predicted molar refractivity (Wildman–Crippen MR) is 69.1 cm³/mol. The van der Waals surface area contributed by atoms with Crippen LogP contribution in [0.2, 0.25) is 0 Å². The first-order valence-corrected chi connectivity index (χ1v) is 6.57. The summed E-state index contributed by atoms with van der Waals surface area (Å²) in [5.74, 6) is -0.246. The molecule has 0 spiro atoms. The number of hydrogen-bond donors (Lipinski definition) is 0. The predicted octanol–water partition coefficient (Wildman–Crippen LogP) is 2.20. The molecule has 0 unspecified atom stereocenters. The minimum atomic E-state index is -0.296. The largest absolute Gasteiger partial charge is 0.362 e. The molecule has 0 radical (unpaired) electrons. The van der Waals surface area contributed by atoms with E-state index in [0.717, 1.165) is 10.5 Å². The molecule has 2 rings (SSSR count). The lowest BCUT2D eigenvalue weighted by atomic mass is 10.0. The fourth-order valence-corrected chi connectivity index (χ4v) is 2.78. The maximum Gasteiger partial charge on any atom is 0.265 e. The van der Waals surface area contributed by atoms with Crippen LogP contribution in [0.15, 0.2) is 29.2 Å². The first-order chi connectivity index (χ1) is 8.59. The molecule has 1 aliphatic heterocycles. The standard InChI is InChI=1S/C13H15NO3S/c1-9(2)10-5-3-4-6-11(10)18-14-12(15)7-17-8-13(14)16/h3-6,9H,7-8H2,1-2H3. The van der Waals surface area contributed by atoms with Gasteiger partial charge in [0.15, 0.2) is 0 Å². The summed E-state index contributed by atoms with van der Waals surface area (Å²) >= 11 is 1.19. The maximum absolute atomic E-state index is 11.6. The number of rotatable bonds is 3. The van der Waals surface area contributed by atoms with Crippen LogP contribution in [-0.4, -0.2) is 29.3 Å². The Kier molecular flexibility index (Phi) is 4.04. The molecule has 0 aromatic heterocycles. The zero-order valence-corrected chi connectivity index (χ0v) is 11.2. The van der Waals surface area contributed by atoms with Crippen molar-refractivity contribution in [3.8, 4) is 0 Å². The maximum atomic E-state index is 11.6. The molecule has 1 aromatic carbocycles. The minimum Gasteiger partial charge on any atom is -0.362 e. The van der Waals surface area contributed by atoms with Crippen LogP contribution in [0.25, 0.3) is 0 Å².